The molecule has 154 valence electrons. The molecule has 30 heavy (non-hydrogen) atoms. The van der Waals surface area contributed by atoms with E-state index in [-0.39, 0.29) is 11.8 Å². The molecule has 3 nitrogen and oxygen atoms in total. The van der Waals surface area contributed by atoms with Crippen molar-refractivity contribution in [1.29, 1.82) is 0 Å². The Balaban J connectivity index is 1.92. The molecule has 0 saturated heterocycles. The van der Waals surface area contributed by atoms with Crippen molar-refractivity contribution in [2.45, 2.75) is 26.1 Å². The third kappa shape index (κ3) is 6.39. The number of ether oxygens (including phenoxy) is 1. The maximum absolute atomic E-state index is 13.6. The van der Waals surface area contributed by atoms with Crippen molar-refractivity contribution < 1.29 is 13.9 Å². The first-order valence-corrected chi connectivity index (χ1v) is 10.1. The van der Waals surface area contributed by atoms with Crippen molar-refractivity contribution >= 4 is 12.0 Å². The fourth-order valence-corrected chi connectivity index (χ4v) is 3.28. The van der Waals surface area contributed by atoms with Gasteiger partial charge in [-0.15, -0.1) is 0 Å². The third-order valence-corrected chi connectivity index (χ3v) is 4.70. The SMILES string of the molecule is CCOC(=O)[C@@H](/C=C/c1cccc(F)c1)N(Cc1ccccc1)Cc1ccccc1. The Morgan fingerprint density at radius 3 is 2.07 bits per heavy atom. The summed E-state index contributed by atoms with van der Waals surface area (Å²) in [5.74, 6) is -0.632. The smallest absolute Gasteiger partial charge is 0.327 e. The number of esters is 1. The summed E-state index contributed by atoms with van der Waals surface area (Å²) in [6.07, 6.45) is 3.56. The predicted octanol–water partition coefficient (Wildman–Crippen LogP) is 5.47. The minimum atomic E-state index is -0.603. The lowest BCUT2D eigenvalue weighted by Crippen LogP contribution is -2.40. The van der Waals surface area contributed by atoms with E-state index in [1.54, 1.807) is 31.2 Å². The van der Waals surface area contributed by atoms with Crippen molar-refractivity contribution in [3.63, 3.8) is 0 Å². The zero-order valence-corrected chi connectivity index (χ0v) is 17.1. The Hall–Kier alpha value is -3.24. The highest BCUT2D eigenvalue weighted by Gasteiger charge is 2.25. The standard InChI is InChI=1S/C26H26FNO2/c1-2-30-26(29)25(17-16-21-14-9-15-24(27)18-21)28(19-22-10-5-3-6-11-22)20-23-12-7-4-8-13-23/h3-18,25H,2,19-20H2,1H3/b17-16+/t25-/m1/s1. The van der Waals surface area contributed by atoms with Crippen LogP contribution in [0.15, 0.2) is 91.0 Å². The van der Waals surface area contributed by atoms with Crippen molar-refractivity contribution in [2.75, 3.05) is 6.61 Å². The lowest BCUT2D eigenvalue weighted by Gasteiger charge is -2.28. The van der Waals surface area contributed by atoms with E-state index in [0.29, 0.717) is 25.3 Å². The van der Waals surface area contributed by atoms with Crippen LogP contribution >= 0.6 is 0 Å². The van der Waals surface area contributed by atoms with Crippen molar-refractivity contribution in [3.05, 3.63) is 114 Å². The average Bonchev–Trinajstić information content (AvgIpc) is 2.75. The zero-order chi connectivity index (χ0) is 21.2. The summed E-state index contributed by atoms with van der Waals surface area (Å²) in [6, 6.07) is 25.7. The van der Waals surface area contributed by atoms with Gasteiger partial charge in [-0.2, -0.15) is 0 Å². The van der Waals surface area contributed by atoms with Crippen LogP contribution in [-0.4, -0.2) is 23.5 Å². The van der Waals surface area contributed by atoms with Crippen LogP contribution in [0.5, 0.6) is 0 Å². The van der Waals surface area contributed by atoms with Gasteiger partial charge in [0.25, 0.3) is 0 Å². The fraction of sp³-hybridized carbons (Fsp3) is 0.192. The van der Waals surface area contributed by atoms with Gasteiger partial charge in [-0.25, -0.2) is 4.39 Å². The number of rotatable bonds is 9. The number of nitrogens with zero attached hydrogens (tertiary/aromatic N) is 1. The minimum Gasteiger partial charge on any atom is -0.465 e. The normalized spacial score (nSPS) is 12.2. The maximum atomic E-state index is 13.6. The Labute approximate surface area is 177 Å². The first-order valence-electron chi connectivity index (χ1n) is 10.1. The zero-order valence-electron chi connectivity index (χ0n) is 17.1. The highest BCUT2D eigenvalue weighted by atomic mass is 19.1. The monoisotopic (exact) mass is 403 g/mol. The third-order valence-electron chi connectivity index (χ3n) is 4.70. The van der Waals surface area contributed by atoms with E-state index in [4.69, 9.17) is 4.74 Å². The molecule has 0 aromatic heterocycles. The van der Waals surface area contributed by atoms with Crippen LogP contribution in [0.1, 0.15) is 23.6 Å². The molecular weight excluding hydrogens is 377 g/mol. The molecule has 0 aliphatic carbocycles. The van der Waals surface area contributed by atoms with Gasteiger partial charge >= 0.3 is 5.97 Å². The average molecular weight is 403 g/mol. The molecule has 0 fully saturated rings. The topological polar surface area (TPSA) is 29.5 Å². The van der Waals surface area contributed by atoms with E-state index < -0.39 is 6.04 Å². The molecule has 3 aromatic rings. The molecule has 3 aromatic carbocycles. The second-order valence-electron chi connectivity index (χ2n) is 6.99. The molecule has 0 amide bonds. The minimum absolute atomic E-state index is 0.299. The van der Waals surface area contributed by atoms with Crippen LogP contribution < -0.4 is 0 Å². The summed E-state index contributed by atoms with van der Waals surface area (Å²) < 4.78 is 18.9. The summed E-state index contributed by atoms with van der Waals surface area (Å²) in [7, 11) is 0. The molecule has 1 atom stereocenters. The van der Waals surface area contributed by atoms with Gasteiger partial charge in [-0.3, -0.25) is 9.69 Å². The maximum Gasteiger partial charge on any atom is 0.327 e. The summed E-state index contributed by atoms with van der Waals surface area (Å²) in [5.41, 5.74) is 2.90. The fourth-order valence-electron chi connectivity index (χ4n) is 3.28. The van der Waals surface area contributed by atoms with Gasteiger partial charge < -0.3 is 4.74 Å². The Bertz CT molecular complexity index is 916. The molecule has 0 unspecified atom stereocenters. The van der Waals surface area contributed by atoms with E-state index in [1.165, 1.54) is 12.1 Å². The second kappa shape index (κ2) is 11.1. The van der Waals surface area contributed by atoms with Gasteiger partial charge in [0.2, 0.25) is 0 Å². The molecular formula is C26H26FNO2. The van der Waals surface area contributed by atoms with Gasteiger partial charge in [0.1, 0.15) is 11.9 Å². The lowest BCUT2D eigenvalue weighted by molar-refractivity contribution is -0.148. The summed E-state index contributed by atoms with van der Waals surface area (Å²) in [4.78, 5) is 14.9. The molecule has 0 aliphatic heterocycles. The number of carbonyl (C=O) groups excluding carboxylic acids is 1. The number of carbonyl (C=O) groups is 1. The van der Waals surface area contributed by atoms with Gasteiger partial charge in [-0.1, -0.05) is 84.9 Å². The summed E-state index contributed by atoms with van der Waals surface area (Å²) in [6.45, 7) is 3.25. The van der Waals surface area contributed by atoms with Gasteiger partial charge in [0.15, 0.2) is 0 Å². The van der Waals surface area contributed by atoms with Crippen molar-refractivity contribution in [3.8, 4) is 0 Å². The molecule has 0 heterocycles. The largest absolute Gasteiger partial charge is 0.465 e. The molecule has 4 heteroatoms. The Morgan fingerprint density at radius 2 is 1.53 bits per heavy atom. The first kappa shape index (κ1) is 21.5. The van der Waals surface area contributed by atoms with Crippen LogP contribution in [0.2, 0.25) is 0 Å². The lowest BCUT2D eigenvalue weighted by atomic mass is 10.1. The van der Waals surface area contributed by atoms with Crippen molar-refractivity contribution in [2.24, 2.45) is 0 Å². The molecule has 0 aliphatic rings. The first-order chi connectivity index (χ1) is 14.7. The van der Waals surface area contributed by atoms with Crippen LogP contribution in [0.25, 0.3) is 6.08 Å². The van der Waals surface area contributed by atoms with Crippen LogP contribution in [0, 0.1) is 5.82 Å². The molecule has 3 rings (SSSR count). The summed E-state index contributed by atoms with van der Waals surface area (Å²) in [5, 5.41) is 0. The summed E-state index contributed by atoms with van der Waals surface area (Å²) >= 11 is 0. The van der Waals surface area contributed by atoms with Crippen LogP contribution in [0.4, 0.5) is 4.39 Å². The van der Waals surface area contributed by atoms with Crippen LogP contribution in [0.3, 0.4) is 0 Å². The van der Waals surface area contributed by atoms with E-state index in [9.17, 15) is 9.18 Å². The van der Waals surface area contributed by atoms with E-state index in [0.717, 1.165) is 11.1 Å². The predicted molar refractivity (Wildman–Crippen MR) is 118 cm³/mol. The Morgan fingerprint density at radius 1 is 0.933 bits per heavy atom. The van der Waals surface area contributed by atoms with Gasteiger partial charge in [-0.05, 0) is 35.7 Å². The number of hydrogen-bond acceptors (Lipinski definition) is 3. The molecule has 0 saturated carbocycles. The number of hydrogen-bond donors (Lipinski definition) is 0. The molecule has 0 N–H and O–H groups in total. The van der Waals surface area contributed by atoms with Gasteiger partial charge in [0.05, 0.1) is 6.61 Å². The van der Waals surface area contributed by atoms with E-state index in [1.807, 2.05) is 60.7 Å². The highest BCUT2D eigenvalue weighted by Crippen LogP contribution is 2.17. The van der Waals surface area contributed by atoms with Gasteiger partial charge in [0, 0.05) is 13.1 Å². The molecule has 0 radical (unpaired) electrons. The van der Waals surface area contributed by atoms with E-state index in [2.05, 4.69) is 4.90 Å². The van der Waals surface area contributed by atoms with Crippen LogP contribution in [-0.2, 0) is 22.6 Å². The van der Waals surface area contributed by atoms with E-state index >= 15 is 0 Å². The Kier molecular flexibility index (Phi) is 7.93. The molecule has 0 spiro atoms. The highest BCUT2D eigenvalue weighted by molar-refractivity contribution is 5.79. The quantitative estimate of drug-likeness (QED) is 0.444. The number of benzene rings is 3. The molecule has 0 bridgehead atoms. The number of halogens is 1. The van der Waals surface area contributed by atoms with Crippen molar-refractivity contribution in [1.82, 2.24) is 4.90 Å². The second-order valence-corrected chi connectivity index (χ2v) is 6.99.